The highest BCUT2D eigenvalue weighted by molar-refractivity contribution is 5.80. The number of hydrogen-bond donors (Lipinski definition) is 1. The maximum Gasteiger partial charge on any atom is 0.239 e. The van der Waals surface area contributed by atoms with Crippen LogP contribution in [0, 0.1) is 5.92 Å². The van der Waals surface area contributed by atoms with Crippen molar-refractivity contribution < 1.29 is 4.79 Å². The molecule has 0 bridgehead atoms. The Kier molecular flexibility index (Phi) is 5.92. The summed E-state index contributed by atoms with van der Waals surface area (Å²) in [5, 5.41) is 3.38. The summed E-state index contributed by atoms with van der Waals surface area (Å²) in [6.07, 6.45) is 3.77. The van der Waals surface area contributed by atoms with Gasteiger partial charge < -0.3 is 10.2 Å². The number of piperidine rings is 1. The Labute approximate surface area is 105 Å². The topological polar surface area (TPSA) is 35.6 Å². The van der Waals surface area contributed by atoms with E-state index in [1.807, 2.05) is 28.1 Å². The first-order valence-corrected chi connectivity index (χ1v) is 6.64. The van der Waals surface area contributed by atoms with Crippen LogP contribution in [-0.2, 0) is 4.79 Å². The van der Waals surface area contributed by atoms with Gasteiger partial charge in [-0.1, -0.05) is 0 Å². The van der Waals surface area contributed by atoms with E-state index in [-0.39, 0.29) is 11.9 Å². The van der Waals surface area contributed by atoms with Gasteiger partial charge in [-0.05, 0) is 58.8 Å². The minimum atomic E-state index is -0.00767. The van der Waals surface area contributed by atoms with Crippen molar-refractivity contribution in [1.82, 2.24) is 15.1 Å². The predicted octanol–water partition coefficient (Wildman–Crippen LogP) is 0.785. The van der Waals surface area contributed by atoms with Crippen LogP contribution in [0.3, 0.4) is 0 Å². The molecule has 1 heterocycles. The minimum absolute atomic E-state index is 0.00767. The van der Waals surface area contributed by atoms with Crippen LogP contribution >= 0.6 is 0 Å². The molecule has 1 aliphatic heterocycles. The van der Waals surface area contributed by atoms with Gasteiger partial charge in [0.05, 0.1) is 6.04 Å². The third-order valence-electron chi connectivity index (χ3n) is 3.81. The molecule has 0 aromatic carbocycles. The van der Waals surface area contributed by atoms with E-state index in [9.17, 15) is 4.79 Å². The number of amides is 1. The fourth-order valence-electron chi connectivity index (χ4n) is 2.31. The number of likely N-dealkylation sites (N-methyl/N-ethyl adjacent to an activating group) is 2. The van der Waals surface area contributed by atoms with Crippen LogP contribution in [0.1, 0.15) is 26.2 Å². The Bertz CT molecular complexity index is 237. The average Bonchev–Trinajstić information content (AvgIpc) is 2.35. The molecule has 0 aromatic heterocycles. The molecule has 17 heavy (non-hydrogen) atoms. The van der Waals surface area contributed by atoms with Crippen molar-refractivity contribution in [2.75, 3.05) is 40.8 Å². The Hall–Kier alpha value is -0.610. The molecule has 1 N–H and O–H groups in total. The van der Waals surface area contributed by atoms with Crippen LogP contribution in [0.15, 0.2) is 0 Å². The van der Waals surface area contributed by atoms with Gasteiger partial charge >= 0.3 is 0 Å². The van der Waals surface area contributed by atoms with Crippen LogP contribution in [0.5, 0.6) is 0 Å². The first-order chi connectivity index (χ1) is 8.02. The van der Waals surface area contributed by atoms with E-state index in [1.165, 1.54) is 19.3 Å². The summed E-state index contributed by atoms with van der Waals surface area (Å²) in [6, 6.07) is -0.00767. The number of nitrogens with one attached hydrogen (secondary N) is 1. The van der Waals surface area contributed by atoms with Gasteiger partial charge in [0.2, 0.25) is 5.91 Å². The summed E-state index contributed by atoms with van der Waals surface area (Å²) in [5.41, 5.74) is 0. The van der Waals surface area contributed by atoms with Gasteiger partial charge in [0.15, 0.2) is 0 Å². The smallest absolute Gasteiger partial charge is 0.239 e. The van der Waals surface area contributed by atoms with E-state index in [1.54, 1.807) is 4.90 Å². The molecule has 1 amide bonds. The highest BCUT2D eigenvalue weighted by Crippen LogP contribution is 2.16. The fraction of sp³-hybridized carbons (Fsp3) is 0.923. The van der Waals surface area contributed by atoms with Crippen LogP contribution in [0.2, 0.25) is 0 Å². The standard InChI is InChI=1S/C13H27N3O/c1-11(13(17)15(2)3)16(4)10-7-12-5-8-14-9-6-12/h11-12,14H,5-10H2,1-4H3. The summed E-state index contributed by atoms with van der Waals surface area (Å²) >= 11 is 0. The lowest BCUT2D eigenvalue weighted by Crippen LogP contribution is -2.43. The largest absolute Gasteiger partial charge is 0.347 e. The molecular weight excluding hydrogens is 214 g/mol. The zero-order chi connectivity index (χ0) is 12.8. The fourth-order valence-corrected chi connectivity index (χ4v) is 2.31. The summed E-state index contributed by atoms with van der Waals surface area (Å²) in [5.74, 6) is 1.03. The highest BCUT2D eigenvalue weighted by Gasteiger charge is 2.20. The first kappa shape index (κ1) is 14.5. The summed E-state index contributed by atoms with van der Waals surface area (Å²) in [7, 11) is 5.69. The second-order valence-corrected chi connectivity index (χ2v) is 5.37. The molecule has 100 valence electrons. The highest BCUT2D eigenvalue weighted by atomic mass is 16.2. The molecule has 0 spiro atoms. The van der Waals surface area contributed by atoms with Crippen LogP contribution in [0.4, 0.5) is 0 Å². The third kappa shape index (κ3) is 4.64. The molecule has 4 heteroatoms. The van der Waals surface area contributed by atoms with Crippen molar-refractivity contribution in [3.63, 3.8) is 0 Å². The zero-order valence-corrected chi connectivity index (χ0v) is 11.7. The van der Waals surface area contributed by atoms with Crippen molar-refractivity contribution in [2.24, 2.45) is 5.92 Å². The number of carbonyl (C=O) groups excluding carboxylic acids is 1. The summed E-state index contributed by atoms with van der Waals surface area (Å²) < 4.78 is 0. The van der Waals surface area contributed by atoms with Crippen LogP contribution in [-0.4, -0.2) is 62.5 Å². The van der Waals surface area contributed by atoms with Crippen LogP contribution < -0.4 is 5.32 Å². The SMILES string of the molecule is CC(C(=O)N(C)C)N(C)CCC1CCNCC1. The molecule has 0 aliphatic carbocycles. The molecule has 1 atom stereocenters. The van der Waals surface area contributed by atoms with E-state index in [0.717, 1.165) is 25.6 Å². The first-order valence-electron chi connectivity index (χ1n) is 6.64. The second kappa shape index (κ2) is 6.97. The lowest BCUT2D eigenvalue weighted by atomic mass is 9.94. The molecule has 1 fully saturated rings. The normalized spacial score (nSPS) is 19.4. The second-order valence-electron chi connectivity index (χ2n) is 5.37. The molecule has 1 unspecified atom stereocenters. The van der Waals surface area contributed by atoms with Gasteiger partial charge in [0, 0.05) is 14.1 Å². The third-order valence-corrected chi connectivity index (χ3v) is 3.81. The Morgan fingerprint density at radius 2 is 1.88 bits per heavy atom. The molecular formula is C13H27N3O. The maximum atomic E-state index is 11.8. The van der Waals surface area contributed by atoms with Crippen molar-refractivity contribution >= 4 is 5.91 Å². The Morgan fingerprint density at radius 3 is 2.41 bits per heavy atom. The van der Waals surface area contributed by atoms with E-state index in [0.29, 0.717) is 0 Å². The van der Waals surface area contributed by atoms with Crippen molar-refractivity contribution in [3.05, 3.63) is 0 Å². The summed E-state index contributed by atoms with van der Waals surface area (Å²) in [4.78, 5) is 15.7. The van der Waals surface area contributed by atoms with E-state index < -0.39 is 0 Å². The van der Waals surface area contributed by atoms with Gasteiger partial charge in [-0.15, -0.1) is 0 Å². The average molecular weight is 241 g/mol. The van der Waals surface area contributed by atoms with Crippen molar-refractivity contribution in [1.29, 1.82) is 0 Å². The Balaban J connectivity index is 2.27. The van der Waals surface area contributed by atoms with E-state index in [2.05, 4.69) is 10.2 Å². The van der Waals surface area contributed by atoms with E-state index in [4.69, 9.17) is 0 Å². The van der Waals surface area contributed by atoms with Gasteiger partial charge in [-0.25, -0.2) is 0 Å². The van der Waals surface area contributed by atoms with E-state index >= 15 is 0 Å². The number of hydrogen-bond acceptors (Lipinski definition) is 3. The lowest BCUT2D eigenvalue weighted by molar-refractivity contribution is -0.133. The molecule has 4 nitrogen and oxygen atoms in total. The number of carbonyl (C=O) groups is 1. The molecule has 0 radical (unpaired) electrons. The minimum Gasteiger partial charge on any atom is -0.347 e. The van der Waals surface area contributed by atoms with Gasteiger partial charge in [0.25, 0.3) is 0 Å². The van der Waals surface area contributed by atoms with Gasteiger partial charge in [-0.2, -0.15) is 0 Å². The van der Waals surface area contributed by atoms with Crippen molar-refractivity contribution in [3.8, 4) is 0 Å². The molecule has 1 aliphatic rings. The zero-order valence-electron chi connectivity index (χ0n) is 11.7. The lowest BCUT2D eigenvalue weighted by Gasteiger charge is -2.29. The van der Waals surface area contributed by atoms with Crippen LogP contribution in [0.25, 0.3) is 0 Å². The van der Waals surface area contributed by atoms with Crippen molar-refractivity contribution in [2.45, 2.75) is 32.2 Å². The quantitative estimate of drug-likeness (QED) is 0.773. The van der Waals surface area contributed by atoms with Gasteiger partial charge in [0.1, 0.15) is 0 Å². The molecule has 1 saturated heterocycles. The number of rotatable bonds is 5. The molecule has 0 saturated carbocycles. The molecule has 1 rings (SSSR count). The van der Waals surface area contributed by atoms with Gasteiger partial charge in [-0.3, -0.25) is 9.69 Å². The maximum absolute atomic E-state index is 11.8. The predicted molar refractivity (Wildman–Crippen MR) is 71.0 cm³/mol. The number of nitrogens with zero attached hydrogens (tertiary/aromatic N) is 2. The Morgan fingerprint density at radius 1 is 1.29 bits per heavy atom. The summed E-state index contributed by atoms with van der Waals surface area (Å²) in [6.45, 7) is 5.32. The monoisotopic (exact) mass is 241 g/mol. The molecule has 0 aromatic rings.